The third kappa shape index (κ3) is 4.27. The molecule has 1 aromatic carbocycles. The molecule has 1 aliphatic rings. The Morgan fingerprint density at radius 3 is 2.43 bits per heavy atom. The molecule has 148 valence electrons. The molecule has 1 saturated heterocycles. The van der Waals surface area contributed by atoms with E-state index < -0.39 is 52.3 Å². The number of rotatable bonds is 8. The number of nitrogens with zero attached hydrogens (tertiary/aromatic N) is 3. The van der Waals surface area contributed by atoms with Crippen LogP contribution in [0.1, 0.15) is 19.4 Å². The van der Waals surface area contributed by atoms with Gasteiger partial charge in [0.15, 0.2) is 0 Å². The first-order valence-electron chi connectivity index (χ1n) is 8.32. The average Bonchev–Trinajstić information content (AvgIpc) is 2.63. The molecule has 1 aromatic rings. The molecule has 2 N–H and O–H groups in total. The summed E-state index contributed by atoms with van der Waals surface area (Å²) in [5.41, 5.74) is 8.51. The first kappa shape index (κ1) is 20.9. The molecule has 1 aliphatic heterocycles. The summed E-state index contributed by atoms with van der Waals surface area (Å²) in [7, 11) is 0. The van der Waals surface area contributed by atoms with Crippen molar-refractivity contribution in [2.24, 2.45) is 11.8 Å². The van der Waals surface area contributed by atoms with E-state index in [2.05, 4.69) is 10.1 Å². The topological polar surface area (TPSA) is 172 Å². The lowest BCUT2D eigenvalue weighted by Gasteiger charge is -2.40. The fourth-order valence-corrected chi connectivity index (χ4v) is 2.87. The Morgan fingerprint density at radius 2 is 1.96 bits per heavy atom. The van der Waals surface area contributed by atoms with Crippen molar-refractivity contribution in [1.29, 1.82) is 0 Å². The van der Waals surface area contributed by atoms with Crippen molar-refractivity contribution < 1.29 is 33.9 Å². The highest BCUT2D eigenvalue weighted by Crippen LogP contribution is 2.26. The quantitative estimate of drug-likeness (QED) is 0.0919. The third-order valence-electron chi connectivity index (χ3n) is 4.51. The van der Waals surface area contributed by atoms with Crippen molar-refractivity contribution >= 4 is 29.1 Å². The lowest BCUT2D eigenvalue weighted by Crippen LogP contribution is -2.66. The van der Waals surface area contributed by atoms with E-state index in [0.717, 1.165) is 0 Å². The molecule has 0 bridgehead atoms. The largest absolute Gasteiger partial charge is 0.452 e. The number of esters is 1. The van der Waals surface area contributed by atoms with Gasteiger partial charge in [0, 0.05) is 18.1 Å². The summed E-state index contributed by atoms with van der Waals surface area (Å²) < 4.78 is 4.92. The minimum atomic E-state index is -1.18. The van der Waals surface area contributed by atoms with Crippen LogP contribution in [-0.2, 0) is 25.7 Å². The molecule has 0 aromatic heterocycles. The number of ketones is 1. The standard InChI is InChI=1S/C17H18N4O7/c1-8(13-12(9(2)22)16(24)19-13)15(23)14(20-18)17(25)28-7-10-3-5-11(6-4-10)21(26)27/h3-6,8-9,12-13,22H,7H2,1-2H3,(H,19,24)/t8-,9-,12-,13+/m1/s1. The molecular formula is C17H18N4O7. The number of non-ortho nitro benzene ring substituents is 1. The maximum absolute atomic E-state index is 12.5. The number of nitro benzene ring substituents is 1. The number of aliphatic hydroxyl groups excluding tert-OH is 1. The number of nitrogens with one attached hydrogen (secondary N) is 1. The second-order valence-corrected chi connectivity index (χ2v) is 6.40. The van der Waals surface area contributed by atoms with Crippen LogP contribution in [0.3, 0.4) is 0 Å². The van der Waals surface area contributed by atoms with Crippen LogP contribution >= 0.6 is 0 Å². The van der Waals surface area contributed by atoms with Crippen LogP contribution in [0.15, 0.2) is 24.3 Å². The number of ether oxygens (including phenoxy) is 1. The summed E-state index contributed by atoms with van der Waals surface area (Å²) in [4.78, 5) is 48.8. The Morgan fingerprint density at radius 1 is 1.36 bits per heavy atom. The van der Waals surface area contributed by atoms with Gasteiger partial charge in [-0.25, -0.2) is 4.79 Å². The Balaban J connectivity index is 2.00. The van der Waals surface area contributed by atoms with E-state index in [0.29, 0.717) is 5.56 Å². The van der Waals surface area contributed by atoms with E-state index in [9.17, 15) is 29.6 Å². The zero-order valence-corrected chi connectivity index (χ0v) is 15.1. The number of hydrogen-bond acceptors (Lipinski definition) is 7. The number of carbonyl (C=O) groups excluding carboxylic acids is 3. The van der Waals surface area contributed by atoms with E-state index in [-0.39, 0.29) is 12.3 Å². The number of β-lactam (4-membered cyclic amide) rings is 1. The van der Waals surface area contributed by atoms with Gasteiger partial charge in [0.1, 0.15) is 6.61 Å². The monoisotopic (exact) mass is 390 g/mol. The van der Waals surface area contributed by atoms with Gasteiger partial charge in [0.25, 0.3) is 11.5 Å². The van der Waals surface area contributed by atoms with Crippen molar-refractivity contribution in [3.05, 3.63) is 45.5 Å². The Bertz CT molecular complexity index is 859. The van der Waals surface area contributed by atoms with Gasteiger partial charge in [-0.3, -0.25) is 19.7 Å². The highest BCUT2D eigenvalue weighted by Gasteiger charge is 2.50. The number of benzene rings is 1. The Labute approximate surface area is 159 Å². The first-order valence-corrected chi connectivity index (χ1v) is 8.32. The van der Waals surface area contributed by atoms with Crippen LogP contribution in [0.4, 0.5) is 5.69 Å². The van der Waals surface area contributed by atoms with Gasteiger partial charge < -0.3 is 20.7 Å². The molecule has 0 radical (unpaired) electrons. The van der Waals surface area contributed by atoms with Crippen LogP contribution in [0.25, 0.3) is 5.53 Å². The predicted octanol–water partition coefficient (Wildman–Crippen LogP) is 0.00940. The van der Waals surface area contributed by atoms with E-state index >= 15 is 0 Å². The molecule has 11 heteroatoms. The number of carbonyl (C=O) groups is 3. The second-order valence-electron chi connectivity index (χ2n) is 6.40. The number of amides is 1. The normalized spacial score (nSPS) is 20.0. The summed E-state index contributed by atoms with van der Waals surface area (Å²) in [6, 6.07) is 4.50. The second kappa shape index (κ2) is 8.51. The molecule has 1 heterocycles. The average molecular weight is 390 g/mol. The summed E-state index contributed by atoms with van der Waals surface area (Å²) >= 11 is 0. The molecule has 28 heavy (non-hydrogen) atoms. The highest BCUT2D eigenvalue weighted by molar-refractivity contribution is 6.62. The summed E-state index contributed by atoms with van der Waals surface area (Å²) in [6.45, 7) is 2.54. The van der Waals surface area contributed by atoms with Crippen molar-refractivity contribution in [3.8, 4) is 0 Å². The van der Waals surface area contributed by atoms with Crippen LogP contribution in [0.2, 0.25) is 0 Å². The maximum atomic E-state index is 12.5. The summed E-state index contributed by atoms with van der Waals surface area (Å²) in [6.07, 6.45) is -0.988. The van der Waals surface area contributed by atoms with Gasteiger partial charge >= 0.3 is 11.7 Å². The predicted molar refractivity (Wildman–Crippen MR) is 92.8 cm³/mol. The molecule has 1 fully saturated rings. The molecule has 1 amide bonds. The highest BCUT2D eigenvalue weighted by atomic mass is 16.6. The Kier molecular flexibility index (Phi) is 6.34. The Hall–Kier alpha value is -3.43. The lowest BCUT2D eigenvalue weighted by molar-refractivity contribution is -0.384. The van der Waals surface area contributed by atoms with Gasteiger partial charge in [0.2, 0.25) is 5.91 Å². The van der Waals surface area contributed by atoms with Gasteiger partial charge in [0.05, 0.1) is 23.0 Å². The smallest absolute Gasteiger partial charge is 0.441 e. The van der Waals surface area contributed by atoms with E-state index in [1.165, 1.54) is 38.1 Å². The minimum Gasteiger partial charge on any atom is -0.452 e. The van der Waals surface area contributed by atoms with Crippen LogP contribution in [0.5, 0.6) is 0 Å². The fraction of sp³-hybridized carbons (Fsp3) is 0.412. The zero-order valence-electron chi connectivity index (χ0n) is 15.1. The molecule has 0 saturated carbocycles. The van der Waals surface area contributed by atoms with Gasteiger partial charge in [-0.1, -0.05) is 6.92 Å². The summed E-state index contributed by atoms with van der Waals surface area (Å²) in [5.74, 6) is -4.20. The van der Waals surface area contributed by atoms with Crippen molar-refractivity contribution in [2.45, 2.75) is 32.6 Å². The van der Waals surface area contributed by atoms with E-state index in [1.54, 1.807) is 0 Å². The third-order valence-corrected chi connectivity index (χ3v) is 4.51. The molecule has 0 unspecified atom stereocenters. The van der Waals surface area contributed by atoms with Crippen molar-refractivity contribution in [2.75, 3.05) is 0 Å². The molecule has 4 atom stereocenters. The van der Waals surface area contributed by atoms with Crippen LogP contribution < -0.4 is 5.32 Å². The first-order chi connectivity index (χ1) is 13.2. The molecule has 11 nitrogen and oxygen atoms in total. The van der Waals surface area contributed by atoms with Crippen LogP contribution in [0, 0.1) is 22.0 Å². The number of aliphatic hydroxyl groups is 1. The van der Waals surface area contributed by atoms with E-state index in [4.69, 9.17) is 10.3 Å². The fourth-order valence-electron chi connectivity index (χ4n) is 2.87. The molecule has 0 aliphatic carbocycles. The van der Waals surface area contributed by atoms with Gasteiger partial charge in [-0.05, 0) is 24.6 Å². The molecule has 0 spiro atoms. The van der Waals surface area contributed by atoms with Crippen molar-refractivity contribution in [3.63, 3.8) is 0 Å². The minimum absolute atomic E-state index is 0.132. The number of nitro groups is 1. The van der Waals surface area contributed by atoms with E-state index in [1.807, 2.05) is 0 Å². The number of Topliss-reactive ketones (excluding diaryl/α,β-unsaturated/α-hetero) is 1. The van der Waals surface area contributed by atoms with Crippen molar-refractivity contribution in [1.82, 2.24) is 5.32 Å². The number of hydrogen-bond donors (Lipinski definition) is 2. The molecule has 2 rings (SSSR count). The maximum Gasteiger partial charge on any atom is 0.441 e. The summed E-state index contributed by atoms with van der Waals surface area (Å²) in [5, 5.41) is 22.7. The SMILES string of the molecule is C[C@@H](O)[C@H]1C(=O)N[C@H]1[C@@H](C)C(=O)C(=[N+]=[N-])C(=O)OCc1ccc([N+](=O)[O-])cc1. The van der Waals surface area contributed by atoms with Crippen LogP contribution in [-0.4, -0.2) is 50.3 Å². The van der Waals surface area contributed by atoms with Gasteiger partial charge in [-0.2, -0.15) is 4.79 Å². The lowest BCUT2D eigenvalue weighted by atomic mass is 9.76. The van der Waals surface area contributed by atoms with Gasteiger partial charge in [-0.15, -0.1) is 0 Å². The molecular weight excluding hydrogens is 372 g/mol. The zero-order chi connectivity index (χ0) is 21.0.